The van der Waals surface area contributed by atoms with E-state index in [1.807, 2.05) is 52.8 Å². The summed E-state index contributed by atoms with van der Waals surface area (Å²) in [5, 5.41) is 0. The van der Waals surface area contributed by atoms with Crippen LogP contribution in [0.25, 0.3) is 0 Å². The van der Waals surface area contributed by atoms with Crippen molar-refractivity contribution in [1.29, 1.82) is 0 Å². The number of ether oxygens (including phenoxy) is 1. The summed E-state index contributed by atoms with van der Waals surface area (Å²) in [4.78, 5) is 14.2. The Morgan fingerprint density at radius 1 is 1.22 bits per heavy atom. The van der Waals surface area contributed by atoms with Crippen LogP contribution in [-0.2, 0) is 9.53 Å². The van der Waals surface area contributed by atoms with Gasteiger partial charge in [0.15, 0.2) is 0 Å². The second kappa shape index (κ2) is 5.53. The number of aryl methyl sites for hydroxylation is 2. The summed E-state index contributed by atoms with van der Waals surface area (Å²) in [5.74, 6) is 0.0711. The molecule has 3 heteroatoms. The molecule has 0 heterocycles. The molecule has 0 spiro atoms. The van der Waals surface area contributed by atoms with Crippen molar-refractivity contribution >= 4 is 11.6 Å². The first-order valence-corrected chi connectivity index (χ1v) is 6.16. The average molecular weight is 249 g/mol. The van der Waals surface area contributed by atoms with E-state index in [-0.39, 0.29) is 12.6 Å². The Morgan fingerprint density at radius 3 is 2.11 bits per heavy atom. The summed E-state index contributed by atoms with van der Waals surface area (Å²) in [7, 11) is 1.61. The number of hydrogen-bond donors (Lipinski definition) is 0. The zero-order valence-corrected chi connectivity index (χ0v) is 12.2. The number of benzene rings is 1. The van der Waals surface area contributed by atoms with Gasteiger partial charge in [0, 0.05) is 12.5 Å². The van der Waals surface area contributed by atoms with Crippen LogP contribution < -0.4 is 4.90 Å². The molecule has 0 atom stereocenters. The quantitative estimate of drug-likeness (QED) is 0.769. The zero-order chi connectivity index (χ0) is 13.9. The van der Waals surface area contributed by atoms with Crippen molar-refractivity contribution in [3.05, 3.63) is 29.3 Å². The molecule has 0 N–H and O–H groups in total. The lowest BCUT2D eigenvalue weighted by Gasteiger charge is -2.31. The lowest BCUT2D eigenvalue weighted by Crippen LogP contribution is -2.41. The van der Waals surface area contributed by atoms with Crippen LogP contribution in [0.2, 0.25) is 0 Å². The molecule has 1 rings (SSSR count). The summed E-state index contributed by atoms with van der Waals surface area (Å²) < 4.78 is 5.19. The van der Waals surface area contributed by atoms with Crippen molar-refractivity contribution in [1.82, 2.24) is 0 Å². The number of carbonyl (C=O) groups is 1. The van der Waals surface area contributed by atoms with Crippen LogP contribution >= 0.6 is 0 Å². The first kappa shape index (κ1) is 14.7. The normalized spacial score (nSPS) is 11.4. The number of amides is 1. The van der Waals surface area contributed by atoms with Gasteiger partial charge in [-0.05, 0) is 25.0 Å². The van der Waals surface area contributed by atoms with E-state index in [2.05, 4.69) is 0 Å². The third-order valence-corrected chi connectivity index (χ3v) is 2.85. The molecule has 0 aliphatic heterocycles. The molecule has 0 saturated heterocycles. The molecule has 0 saturated carbocycles. The van der Waals surface area contributed by atoms with Gasteiger partial charge in [0.2, 0.25) is 5.91 Å². The molecule has 100 valence electrons. The van der Waals surface area contributed by atoms with E-state index in [0.29, 0.717) is 0 Å². The lowest BCUT2D eigenvalue weighted by atomic mass is 9.94. The molecule has 0 aliphatic carbocycles. The van der Waals surface area contributed by atoms with E-state index in [1.54, 1.807) is 12.0 Å². The Labute approximate surface area is 110 Å². The fourth-order valence-electron chi connectivity index (χ4n) is 1.99. The predicted molar refractivity (Wildman–Crippen MR) is 74.7 cm³/mol. The van der Waals surface area contributed by atoms with Gasteiger partial charge in [-0.1, -0.05) is 39.0 Å². The molecule has 18 heavy (non-hydrogen) atoms. The summed E-state index contributed by atoms with van der Waals surface area (Å²) in [6, 6.07) is 6.03. The van der Waals surface area contributed by atoms with Gasteiger partial charge in [-0.2, -0.15) is 0 Å². The van der Waals surface area contributed by atoms with Crippen LogP contribution in [0.4, 0.5) is 5.69 Å². The molecule has 0 radical (unpaired) electrons. The topological polar surface area (TPSA) is 29.5 Å². The molecule has 0 fully saturated rings. The van der Waals surface area contributed by atoms with Crippen LogP contribution in [0, 0.1) is 19.3 Å². The van der Waals surface area contributed by atoms with Gasteiger partial charge in [0.1, 0.15) is 6.73 Å². The summed E-state index contributed by atoms with van der Waals surface area (Å²) in [6.07, 6.45) is 0. The Kier molecular flexibility index (Phi) is 4.52. The van der Waals surface area contributed by atoms with Gasteiger partial charge >= 0.3 is 0 Å². The first-order chi connectivity index (χ1) is 8.29. The minimum atomic E-state index is -0.423. The fourth-order valence-corrected chi connectivity index (χ4v) is 1.99. The molecular formula is C15H23NO2. The molecule has 1 aromatic carbocycles. The third kappa shape index (κ3) is 3.10. The largest absolute Gasteiger partial charge is 0.364 e. The lowest BCUT2D eigenvalue weighted by molar-refractivity contribution is -0.126. The maximum Gasteiger partial charge on any atom is 0.234 e. The summed E-state index contributed by atoms with van der Waals surface area (Å²) in [6.45, 7) is 10.1. The standard InChI is InChI=1S/C15H23NO2/c1-11-8-7-9-12(2)13(11)16(10-18-6)14(17)15(3,4)5/h7-9H,10H2,1-6H3. The van der Waals surface area contributed by atoms with E-state index in [1.165, 1.54) is 0 Å². The van der Waals surface area contributed by atoms with Gasteiger partial charge in [-0.15, -0.1) is 0 Å². The molecule has 1 amide bonds. The Bertz CT molecular complexity index is 412. The average Bonchev–Trinajstić information content (AvgIpc) is 2.25. The van der Waals surface area contributed by atoms with Crippen LogP contribution in [0.5, 0.6) is 0 Å². The SMILES string of the molecule is COCN(C(=O)C(C)(C)C)c1c(C)cccc1C. The maximum atomic E-state index is 12.5. The predicted octanol–water partition coefficient (Wildman–Crippen LogP) is 3.29. The molecule has 0 aliphatic rings. The third-order valence-electron chi connectivity index (χ3n) is 2.85. The number of anilines is 1. The Hall–Kier alpha value is -1.35. The molecular weight excluding hydrogens is 226 g/mol. The Balaban J connectivity index is 3.25. The molecule has 3 nitrogen and oxygen atoms in total. The number of rotatable bonds is 3. The van der Waals surface area contributed by atoms with Gasteiger partial charge in [-0.25, -0.2) is 0 Å². The highest BCUT2D eigenvalue weighted by molar-refractivity contribution is 5.98. The van der Waals surface area contributed by atoms with Crippen molar-refractivity contribution < 1.29 is 9.53 Å². The summed E-state index contributed by atoms with van der Waals surface area (Å²) >= 11 is 0. The van der Waals surface area contributed by atoms with Gasteiger partial charge < -0.3 is 4.74 Å². The number of hydrogen-bond acceptors (Lipinski definition) is 2. The zero-order valence-electron chi connectivity index (χ0n) is 12.2. The molecule has 0 bridgehead atoms. The van der Waals surface area contributed by atoms with Crippen molar-refractivity contribution in [2.75, 3.05) is 18.7 Å². The second-order valence-corrected chi connectivity index (χ2v) is 5.64. The highest BCUT2D eigenvalue weighted by Gasteiger charge is 2.29. The van der Waals surface area contributed by atoms with E-state index < -0.39 is 5.41 Å². The van der Waals surface area contributed by atoms with Crippen molar-refractivity contribution in [3.8, 4) is 0 Å². The van der Waals surface area contributed by atoms with Crippen LogP contribution in [-0.4, -0.2) is 19.7 Å². The fraction of sp³-hybridized carbons (Fsp3) is 0.533. The maximum absolute atomic E-state index is 12.5. The molecule has 1 aromatic rings. The van der Waals surface area contributed by atoms with E-state index >= 15 is 0 Å². The van der Waals surface area contributed by atoms with Crippen LogP contribution in [0.15, 0.2) is 18.2 Å². The second-order valence-electron chi connectivity index (χ2n) is 5.64. The monoisotopic (exact) mass is 249 g/mol. The van der Waals surface area contributed by atoms with E-state index in [4.69, 9.17) is 4.74 Å². The van der Waals surface area contributed by atoms with Gasteiger partial charge in [-0.3, -0.25) is 9.69 Å². The minimum absolute atomic E-state index is 0.0711. The number of nitrogens with zero attached hydrogens (tertiary/aromatic N) is 1. The Morgan fingerprint density at radius 2 is 1.72 bits per heavy atom. The molecule has 0 aromatic heterocycles. The highest BCUT2D eigenvalue weighted by atomic mass is 16.5. The van der Waals surface area contributed by atoms with Gasteiger partial charge in [0.05, 0.1) is 5.69 Å². The molecule has 0 unspecified atom stereocenters. The number of methoxy groups -OCH3 is 1. The first-order valence-electron chi connectivity index (χ1n) is 6.16. The van der Waals surface area contributed by atoms with Gasteiger partial charge in [0.25, 0.3) is 0 Å². The summed E-state index contributed by atoms with van der Waals surface area (Å²) in [5.41, 5.74) is 2.71. The van der Waals surface area contributed by atoms with Crippen molar-refractivity contribution in [3.63, 3.8) is 0 Å². The smallest absolute Gasteiger partial charge is 0.234 e. The van der Waals surface area contributed by atoms with Crippen molar-refractivity contribution in [2.24, 2.45) is 5.41 Å². The number of para-hydroxylation sites is 1. The highest BCUT2D eigenvalue weighted by Crippen LogP contribution is 2.28. The number of carbonyl (C=O) groups excluding carboxylic acids is 1. The van der Waals surface area contributed by atoms with E-state index in [9.17, 15) is 4.79 Å². The van der Waals surface area contributed by atoms with Crippen molar-refractivity contribution in [2.45, 2.75) is 34.6 Å². The van der Waals surface area contributed by atoms with E-state index in [0.717, 1.165) is 16.8 Å². The minimum Gasteiger partial charge on any atom is -0.364 e. The van der Waals surface area contributed by atoms with Crippen LogP contribution in [0.3, 0.4) is 0 Å². The van der Waals surface area contributed by atoms with Crippen LogP contribution in [0.1, 0.15) is 31.9 Å².